The Kier molecular flexibility index (Phi) is 9.57. The predicted molar refractivity (Wildman–Crippen MR) is 117 cm³/mol. The van der Waals surface area contributed by atoms with Gasteiger partial charge >= 0.3 is 0 Å². The maximum atomic E-state index is 4.66. The van der Waals surface area contributed by atoms with Crippen LogP contribution < -0.4 is 5.32 Å². The van der Waals surface area contributed by atoms with E-state index in [4.69, 9.17) is 0 Å². The van der Waals surface area contributed by atoms with Gasteiger partial charge in [-0.05, 0) is 113 Å². The molecule has 2 nitrogen and oxygen atoms in total. The molecular weight excluding hydrogens is 628 g/mol. The van der Waals surface area contributed by atoms with Crippen LogP contribution >= 0.6 is 91.4 Å². The Hall–Kier alpha value is 1.44. The molecule has 0 atom stereocenters. The molecule has 8 heteroatoms. The summed E-state index contributed by atoms with van der Waals surface area (Å²) in [7, 11) is 0. The largest absolute Gasteiger partial charge is 0.363 e. The molecule has 0 aliphatic heterocycles. The highest BCUT2D eigenvalue weighted by molar-refractivity contribution is 9.15. The van der Waals surface area contributed by atoms with Crippen LogP contribution in [-0.2, 0) is 5.75 Å². The van der Waals surface area contributed by atoms with Crippen LogP contribution in [0.3, 0.4) is 0 Å². The molecule has 0 aliphatic rings. The molecule has 1 rings (SSSR count). The molecule has 1 aromatic rings. The number of nitrogens with zero attached hydrogens (tertiary/aromatic N) is 1. The first-order valence-electron chi connectivity index (χ1n) is 6.62. The Morgan fingerprint density at radius 1 is 0.909 bits per heavy atom. The Balaban J connectivity index is 3.04. The lowest BCUT2D eigenvalue weighted by molar-refractivity contribution is 0.727. The van der Waals surface area contributed by atoms with E-state index >= 15 is 0 Å². The third-order valence-corrected chi connectivity index (χ3v) is 9.63. The summed E-state index contributed by atoms with van der Waals surface area (Å²) in [4.78, 5) is 4.66. The fraction of sp³-hybridized carbons (Fsp3) is 0.500. The van der Waals surface area contributed by atoms with E-state index in [1.165, 1.54) is 5.56 Å². The van der Waals surface area contributed by atoms with Gasteiger partial charge in [-0.25, -0.2) is 0 Å². The summed E-state index contributed by atoms with van der Waals surface area (Å²) in [5.74, 6) is 0.802. The second kappa shape index (κ2) is 9.80. The van der Waals surface area contributed by atoms with Gasteiger partial charge in [0.05, 0.1) is 0 Å². The summed E-state index contributed by atoms with van der Waals surface area (Å²) in [6.07, 6.45) is 0. The molecule has 22 heavy (non-hydrogen) atoms. The number of benzene rings is 1. The summed E-state index contributed by atoms with van der Waals surface area (Å²) in [6, 6.07) is 0.629. The number of hydrogen-bond acceptors (Lipinski definition) is 2. The van der Waals surface area contributed by atoms with Crippen LogP contribution in [0.1, 0.15) is 33.3 Å². The highest BCUT2D eigenvalue weighted by Crippen LogP contribution is 2.45. The van der Waals surface area contributed by atoms with E-state index in [1.807, 2.05) is 0 Å². The Morgan fingerprint density at radius 3 is 1.77 bits per heavy atom. The minimum Gasteiger partial charge on any atom is -0.363 e. The molecule has 0 aromatic heterocycles. The second-order valence-corrected chi connectivity index (χ2v) is 10.1. The molecule has 0 fully saturated rings. The number of hydrogen-bond donors (Lipinski definition) is 1. The smallest absolute Gasteiger partial charge is 0.157 e. The summed E-state index contributed by atoms with van der Waals surface area (Å²) >= 11 is 19.8. The first-order valence-corrected chi connectivity index (χ1v) is 11.6. The fourth-order valence-corrected chi connectivity index (χ4v) is 6.47. The number of halogens is 5. The molecule has 0 saturated heterocycles. The maximum Gasteiger partial charge on any atom is 0.157 e. The molecule has 0 saturated carbocycles. The van der Waals surface area contributed by atoms with E-state index in [9.17, 15) is 0 Å². The number of thioether (sulfide) groups is 1. The van der Waals surface area contributed by atoms with Crippen molar-refractivity contribution in [2.75, 3.05) is 0 Å². The number of amidine groups is 1. The van der Waals surface area contributed by atoms with Gasteiger partial charge in [0.1, 0.15) is 0 Å². The molecule has 0 radical (unpaired) electrons. The van der Waals surface area contributed by atoms with Gasteiger partial charge in [-0.2, -0.15) is 0 Å². The van der Waals surface area contributed by atoms with Crippen molar-refractivity contribution in [1.29, 1.82) is 0 Å². The first-order chi connectivity index (χ1) is 10.1. The van der Waals surface area contributed by atoms with Gasteiger partial charge < -0.3 is 5.32 Å². The predicted octanol–water partition coefficient (Wildman–Crippen LogP) is 7.49. The Labute approximate surface area is 178 Å². The van der Waals surface area contributed by atoms with Gasteiger partial charge in [0.15, 0.2) is 5.17 Å². The quantitative estimate of drug-likeness (QED) is 0.159. The summed E-state index contributed by atoms with van der Waals surface area (Å²) in [5.41, 5.74) is 1.17. The van der Waals surface area contributed by atoms with E-state index < -0.39 is 0 Å². The lowest BCUT2D eigenvalue weighted by Gasteiger charge is -2.16. The van der Waals surface area contributed by atoms with Crippen LogP contribution in [0, 0.1) is 0 Å². The van der Waals surface area contributed by atoms with Crippen LogP contribution in [0.4, 0.5) is 0 Å². The lowest BCUT2D eigenvalue weighted by Crippen LogP contribution is -2.29. The van der Waals surface area contributed by atoms with Crippen molar-refractivity contribution in [3.8, 4) is 0 Å². The zero-order chi connectivity index (χ0) is 17.0. The molecule has 0 amide bonds. The molecule has 0 spiro atoms. The van der Waals surface area contributed by atoms with Gasteiger partial charge in [-0.3, -0.25) is 4.99 Å². The maximum absolute atomic E-state index is 4.66. The van der Waals surface area contributed by atoms with Crippen molar-refractivity contribution in [3.63, 3.8) is 0 Å². The summed E-state index contributed by atoms with van der Waals surface area (Å²) < 4.78 is 5.05. The van der Waals surface area contributed by atoms with Gasteiger partial charge in [0, 0.05) is 40.2 Å². The lowest BCUT2D eigenvalue weighted by atomic mass is 10.2. The minimum atomic E-state index is 0.268. The summed E-state index contributed by atoms with van der Waals surface area (Å²) in [5, 5.41) is 4.38. The molecule has 1 N–H and O–H groups in total. The van der Waals surface area contributed by atoms with Crippen LogP contribution in [0.25, 0.3) is 0 Å². The van der Waals surface area contributed by atoms with E-state index in [2.05, 4.69) is 118 Å². The molecular formula is C14H17Br5N2S. The third-order valence-electron chi connectivity index (χ3n) is 2.44. The van der Waals surface area contributed by atoms with Crippen molar-refractivity contribution in [2.45, 2.75) is 45.5 Å². The average Bonchev–Trinajstić information content (AvgIpc) is 2.41. The Morgan fingerprint density at radius 2 is 1.36 bits per heavy atom. The van der Waals surface area contributed by atoms with Gasteiger partial charge in [0.2, 0.25) is 0 Å². The van der Waals surface area contributed by atoms with Crippen molar-refractivity contribution < 1.29 is 0 Å². The fourth-order valence-electron chi connectivity index (χ4n) is 1.52. The van der Waals surface area contributed by atoms with Crippen LogP contribution in [0.15, 0.2) is 27.4 Å². The van der Waals surface area contributed by atoms with E-state index in [0.717, 1.165) is 33.3 Å². The van der Waals surface area contributed by atoms with Crippen LogP contribution in [0.5, 0.6) is 0 Å². The second-order valence-electron chi connectivity index (χ2n) is 5.16. The van der Waals surface area contributed by atoms with Gasteiger partial charge in [-0.15, -0.1) is 0 Å². The van der Waals surface area contributed by atoms with Crippen molar-refractivity contribution in [3.05, 3.63) is 27.9 Å². The Bertz CT molecular complexity index is 544. The molecule has 0 bridgehead atoms. The van der Waals surface area contributed by atoms with Gasteiger partial charge in [0.25, 0.3) is 0 Å². The molecule has 124 valence electrons. The van der Waals surface area contributed by atoms with Gasteiger partial charge in [-0.1, -0.05) is 11.8 Å². The van der Waals surface area contributed by atoms with Crippen LogP contribution in [0.2, 0.25) is 0 Å². The highest BCUT2D eigenvalue weighted by Gasteiger charge is 2.18. The number of rotatable bonds is 4. The van der Waals surface area contributed by atoms with E-state index in [0.29, 0.717) is 6.04 Å². The van der Waals surface area contributed by atoms with Crippen molar-refractivity contribution >= 4 is 96.6 Å². The molecule has 0 aliphatic carbocycles. The zero-order valence-electron chi connectivity index (χ0n) is 12.6. The standard InChI is InChI=1S/C14H17Br5N2S/c1-6(2)20-14(21-7(3)4)22-5-8-9(15)11(17)13(19)12(18)10(8)16/h6-7H,5H2,1-4H3,(H,20,21). The highest BCUT2D eigenvalue weighted by atomic mass is 79.9. The monoisotopic (exact) mass is 640 g/mol. The summed E-state index contributed by atoms with van der Waals surface area (Å²) in [6.45, 7) is 8.41. The number of nitrogens with one attached hydrogen (secondary N) is 1. The molecule has 0 unspecified atom stereocenters. The molecule has 1 aromatic carbocycles. The van der Waals surface area contributed by atoms with Crippen molar-refractivity contribution in [1.82, 2.24) is 5.32 Å². The van der Waals surface area contributed by atoms with E-state index in [-0.39, 0.29) is 6.04 Å². The molecule has 0 heterocycles. The minimum absolute atomic E-state index is 0.268. The number of aliphatic imine (C=N–C) groups is 1. The SMILES string of the molecule is CC(C)N=C(NC(C)C)SCc1c(Br)c(Br)c(Br)c(Br)c1Br. The zero-order valence-corrected chi connectivity index (χ0v) is 21.4. The van der Waals surface area contributed by atoms with Crippen molar-refractivity contribution in [2.24, 2.45) is 4.99 Å². The first kappa shape index (κ1) is 21.5. The third kappa shape index (κ3) is 6.06. The topological polar surface area (TPSA) is 24.4 Å². The average molecular weight is 645 g/mol. The van der Waals surface area contributed by atoms with E-state index in [1.54, 1.807) is 11.8 Å². The van der Waals surface area contributed by atoms with Crippen LogP contribution in [-0.4, -0.2) is 17.3 Å². The normalized spacial score (nSPS) is 12.4.